The molecular formula is C16H10N4OS. The van der Waals surface area contributed by atoms with Crippen molar-refractivity contribution in [2.75, 3.05) is 0 Å². The molecule has 0 saturated carbocycles. The first kappa shape index (κ1) is 12.8. The van der Waals surface area contributed by atoms with Crippen LogP contribution in [-0.4, -0.2) is 15.1 Å². The zero-order valence-electron chi connectivity index (χ0n) is 11.3. The molecule has 0 radical (unpaired) electrons. The molecular weight excluding hydrogens is 296 g/mol. The monoisotopic (exact) mass is 306 g/mol. The zero-order chi connectivity index (χ0) is 14.9. The van der Waals surface area contributed by atoms with Gasteiger partial charge in [-0.3, -0.25) is 4.98 Å². The molecule has 0 aliphatic carbocycles. The van der Waals surface area contributed by atoms with Gasteiger partial charge >= 0.3 is 0 Å². The Bertz CT molecular complexity index is 976. The first-order valence-corrected chi connectivity index (χ1v) is 7.47. The molecule has 0 amide bonds. The molecule has 0 saturated heterocycles. The van der Waals surface area contributed by atoms with Gasteiger partial charge in [0.05, 0.1) is 10.2 Å². The molecule has 0 spiro atoms. The van der Waals surface area contributed by atoms with Crippen LogP contribution in [0.25, 0.3) is 21.1 Å². The number of hydrogen-bond donors (Lipinski definition) is 1. The predicted octanol–water partition coefficient (Wildman–Crippen LogP) is 4.97. The Balaban J connectivity index is 1.74. The Labute approximate surface area is 129 Å². The molecule has 2 heterocycles. The number of phenolic OH excluding ortho intramolecular Hbond substituents is 1. The van der Waals surface area contributed by atoms with Crippen molar-refractivity contribution in [3.05, 3.63) is 54.7 Å². The normalized spacial score (nSPS) is 11.6. The van der Waals surface area contributed by atoms with Crippen LogP contribution in [0.1, 0.15) is 0 Å². The lowest BCUT2D eigenvalue weighted by Crippen LogP contribution is -1.78. The van der Waals surface area contributed by atoms with Crippen LogP contribution in [0, 0.1) is 0 Å². The van der Waals surface area contributed by atoms with E-state index in [2.05, 4.69) is 20.2 Å². The molecule has 4 rings (SSSR count). The van der Waals surface area contributed by atoms with Gasteiger partial charge in [-0.15, -0.1) is 10.2 Å². The zero-order valence-corrected chi connectivity index (χ0v) is 12.2. The van der Waals surface area contributed by atoms with Crippen LogP contribution in [0.4, 0.5) is 10.8 Å². The second kappa shape index (κ2) is 5.16. The lowest BCUT2D eigenvalue weighted by molar-refractivity contribution is 0.481. The topological polar surface area (TPSA) is 70.7 Å². The number of azo groups is 1. The van der Waals surface area contributed by atoms with E-state index in [1.807, 2.05) is 42.5 Å². The van der Waals surface area contributed by atoms with Gasteiger partial charge in [-0.25, -0.2) is 4.98 Å². The second-order valence-electron chi connectivity index (χ2n) is 4.67. The van der Waals surface area contributed by atoms with E-state index in [1.165, 1.54) is 11.3 Å². The van der Waals surface area contributed by atoms with Gasteiger partial charge < -0.3 is 5.11 Å². The van der Waals surface area contributed by atoms with Crippen LogP contribution in [0.3, 0.4) is 0 Å². The van der Waals surface area contributed by atoms with Gasteiger partial charge in [0.15, 0.2) is 5.75 Å². The number of aromatic hydroxyl groups is 1. The number of pyridine rings is 1. The maximum absolute atomic E-state index is 10.2. The first-order chi connectivity index (χ1) is 10.8. The molecule has 0 bridgehead atoms. The number of hydrogen-bond acceptors (Lipinski definition) is 6. The van der Waals surface area contributed by atoms with Crippen LogP contribution >= 0.6 is 11.3 Å². The summed E-state index contributed by atoms with van der Waals surface area (Å²) in [6, 6.07) is 15.1. The second-order valence-corrected chi connectivity index (χ2v) is 5.68. The highest BCUT2D eigenvalue weighted by molar-refractivity contribution is 7.21. The third kappa shape index (κ3) is 2.19. The quantitative estimate of drug-likeness (QED) is 0.532. The molecule has 0 unspecified atom stereocenters. The average Bonchev–Trinajstić information content (AvgIpc) is 2.97. The third-order valence-electron chi connectivity index (χ3n) is 3.25. The predicted molar refractivity (Wildman–Crippen MR) is 87.2 cm³/mol. The molecule has 0 atom stereocenters. The van der Waals surface area contributed by atoms with E-state index < -0.39 is 0 Å². The fourth-order valence-electron chi connectivity index (χ4n) is 2.20. The van der Waals surface area contributed by atoms with Crippen LogP contribution in [0.2, 0.25) is 0 Å². The number of benzene rings is 2. The highest BCUT2D eigenvalue weighted by Gasteiger charge is 2.07. The Morgan fingerprint density at radius 2 is 1.86 bits per heavy atom. The van der Waals surface area contributed by atoms with E-state index in [1.54, 1.807) is 12.3 Å². The highest BCUT2D eigenvalue weighted by Crippen LogP contribution is 2.35. The summed E-state index contributed by atoms with van der Waals surface area (Å²) in [7, 11) is 0. The van der Waals surface area contributed by atoms with Gasteiger partial charge in [-0.2, -0.15) is 0 Å². The summed E-state index contributed by atoms with van der Waals surface area (Å²) in [4.78, 5) is 8.55. The number of para-hydroxylation sites is 1. The lowest BCUT2D eigenvalue weighted by Gasteiger charge is -2.01. The summed E-state index contributed by atoms with van der Waals surface area (Å²) in [6.45, 7) is 0. The molecule has 6 heteroatoms. The smallest absolute Gasteiger partial charge is 0.231 e. The van der Waals surface area contributed by atoms with Crippen molar-refractivity contribution < 1.29 is 5.11 Å². The average molecular weight is 306 g/mol. The lowest BCUT2D eigenvalue weighted by atomic mass is 10.2. The highest BCUT2D eigenvalue weighted by atomic mass is 32.1. The van der Waals surface area contributed by atoms with Crippen molar-refractivity contribution in [3.8, 4) is 5.75 Å². The molecule has 4 aromatic rings. The van der Waals surface area contributed by atoms with Crippen molar-refractivity contribution in [1.29, 1.82) is 0 Å². The van der Waals surface area contributed by atoms with Crippen LogP contribution < -0.4 is 0 Å². The van der Waals surface area contributed by atoms with Crippen molar-refractivity contribution in [2.24, 2.45) is 10.2 Å². The Hall–Kier alpha value is -2.86. The Kier molecular flexibility index (Phi) is 3.01. The van der Waals surface area contributed by atoms with Crippen molar-refractivity contribution in [3.63, 3.8) is 0 Å². The van der Waals surface area contributed by atoms with E-state index in [0.717, 1.165) is 15.6 Å². The summed E-state index contributed by atoms with van der Waals surface area (Å²) in [5, 5.41) is 19.9. The van der Waals surface area contributed by atoms with Gasteiger partial charge in [0.2, 0.25) is 5.13 Å². The standard InChI is InChI=1S/C16H10N4OS/c21-15-12(8-7-10-4-3-9-17-14(10)15)19-20-16-18-11-5-1-2-6-13(11)22-16/h1-9,21H. The van der Waals surface area contributed by atoms with Gasteiger partial charge in [0, 0.05) is 11.6 Å². The van der Waals surface area contributed by atoms with Crippen LogP contribution in [0.15, 0.2) is 65.0 Å². The molecule has 5 nitrogen and oxygen atoms in total. The fraction of sp³-hybridized carbons (Fsp3) is 0. The minimum Gasteiger partial charge on any atom is -0.504 e. The first-order valence-electron chi connectivity index (χ1n) is 6.65. The number of thiazole rings is 1. The summed E-state index contributed by atoms with van der Waals surface area (Å²) in [5.41, 5.74) is 1.79. The van der Waals surface area contributed by atoms with Crippen molar-refractivity contribution in [2.45, 2.75) is 0 Å². The molecule has 0 aliphatic rings. The summed E-state index contributed by atoms with van der Waals surface area (Å²) in [5.74, 6) is 0.0305. The Morgan fingerprint density at radius 3 is 2.77 bits per heavy atom. The molecule has 22 heavy (non-hydrogen) atoms. The maximum atomic E-state index is 10.2. The third-order valence-corrected chi connectivity index (χ3v) is 4.17. The van der Waals surface area contributed by atoms with Gasteiger partial charge in [0.1, 0.15) is 11.2 Å². The number of aromatic nitrogens is 2. The molecule has 2 aromatic carbocycles. The summed E-state index contributed by atoms with van der Waals surface area (Å²) >= 11 is 1.46. The van der Waals surface area contributed by atoms with Gasteiger partial charge in [0.25, 0.3) is 0 Å². The summed E-state index contributed by atoms with van der Waals surface area (Å²) in [6.07, 6.45) is 1.64. The number of nitrogens with zero attached hydrogens (tertiary/aromatic N) is 4. The maximum Gasteiger partial charge on any atom is 0.231 e. The minimum absolute atomic E-state index is 0.0305. The summed E-state index contributed by atoms with van der Waals surface area (Å²) < 4.78 is 1.06. The van der Waals surface area contributed by atoms with E-state index in [9.17, 15) is 5.11 Å². The molecule has 2 aromatic heterocycles. The van der Waals surface area contributed by atoms with E-state index >= 15 is 0 Å². The fourth-order valence-corrected chi connectivity index (χ4v) is 2.99. The Morgan fingerprint density at radius 1 is 0.955 bits per heavy atom. The van der Waals surface area contributed by atoms with E-state index in [0.29, 0.717) is 16.3 Å². The molecule has 1 N–H and O–H groups in total. The van der Waals surface area contributed by atoms with Crippen molar-refractivity contribution in [1.82, 2.24) is 9.97 Å². The van der Waals surface area contributed by atoms with E-state index in [4.69, 9.17) is 0 Å². The van der Waals surface area contributed by atoms with Crippen molar-refractivity contribution >= 4 is 43.3 Å². The van der Waals surface area contributed by atoms with E-state index in [-0.39, 0.29) is 5.75 Å². The number of fused-ring (bicyclic) bond motifs is 2. The minimum atomic E-state index is 0.0305. The molecule has 0 fully saturated rings. The van der Waals surface area contributed by atoms with Crippen LogP contribution in [-0.2, 0) is 0 Å². The number of phenols is 1. The number of rotatable bonds is 2. The van der Waals surface area contributed by atoms with Crippen LogP contribution in [0.5, 0.6) is 5.75 Å². The molecule has 0 aliphatic heterocycles. The largest absolute Gasteiger partial charge is 0.504 e. The molecule has 106 valence electrons. The SMILES string of the molecule is Oc1c(N=Nc2nc3ccccc3s2)ccc2cccnc12. The van der Waals surface area contributed by atoms with Gasteiger partial charge in [-0.1, -0.05) is 35.6 Å². The van der Waals surface area contributed by atoms with Gasteiger partial charge in [-0.05, 0) is 24.3 Å².